The van der Waals surface area contributed by atoms with Gasteiger partial charge in [-0.15, -0.1) is 0 Å². The number of fused-ring (bicyclic) bond motifs is 1. The number of aromatic nitrogens is 2. The van der Waals surface area contributed by atoms with E-state index in [4.69, 9.17) is 0 Å². The summed E-state index contributed by atoms with van der Waals surface area (Å²) < 4.78 is 1.95. The van der Waals surface area contributed by atoms with Gasteiger partial charge in [0.05, 0.1) is 11.0 Å². The Morgan fingerprint density at radius 1 is 1.20 bits per heavy atom. The zero-order valence-electron chi connectivity index (χ0n) is 12.5. The lowest BCUT2D eigenvalue weighted by Gasteiger charge is -2.24. The molecule has 4 nitrogen and oxygen atoms in total. The standard InChI is InChI=1S/C16H23N3O/c1-16(2,3)11-4-5-14-13(10-11)18-15(20)19(14)12-6-8-17-9-7-12/h4-5,10,12,17H,6-9H2,1-3H3,(H,18,20). The maximum atomic E-state index is 12.3. The molecule has 0 unspecified atom stereocenters. The molecule has 4 heteroatoms. The van der Waals surface area contributed by atoms with Gasteiger partial charge in [-0.05, 0) is 49.0 Å². The highest BCUT2D eigenvalue weighted by Crippen LogP contribution is 2.27. The summed E-state index contributed by atoms with van der Waals surface area (Å²) in [5.41, 5.74) is 3.37. The van der Waals surface area contributed by atoms with Gasteiger partial charge in [-0.2, -0.15) is 0 Å². The Hall–Kier alpha value is -1.55. The predicted octanol–water partition coefficient (Wildman–Crippen LogP) is 2.55. The topological polar surface area (TPSA) is 49.8 Å². The van der Waals surface area contributed by atoms with E-state index in [1.807, 2.05) is 4.57 Å². The van der Waals surface area contributed by atoms with Crippen molar-refractivity contribution in [3.8, 4) is 0 Å². The van der Waals surface area contributed by atoms with E-state index in [0.29, 0.717) is 6.04 Å². The van der Waals surface area contributed by atoms with Crippen LogP contribution in [0.25, 0.3) is 11.0 Å². The Labute approximate surface area is 119 Å². The molecule has 20 heavy (non-hydrogen) atoms. The smallest absolute Gasteiger partial charge is 0.317 e. The van der Waals surface area contributed by atoms with Gasteiger partial charge in [0.15, 0.2) is 0 Å². The monoisotopic (exact) mass is 273 g/mol. The second-order valence-corrected chi connectivity index (χ2v) is 6.76. The van der Waals surface area contributed by atoms with Crippen LogP contribution in [0.15, 0.2) is 23.0 Å². The van der Waals surface area contributed by atoms with Crippen LogP contribution in [0.3, 0.4) is 0 Å². The molecule has 2 heterocycles. The van der Waals surface area contributed by atoms with Crippen LogP contribution in [0.4, 0.5) is 0 Å². The third-order valence-corrected chi connectivity index (χ3v) is 4.26. The average Bonchev–Trinajstić information content (AvgIpc) is 2.73. The van der Waals surface area contributed by atoms with E-state index in [-0.39, 0.29) is 11.1 Å². The van der Waals surface area contributed by atoms with Crippen molar-refractivity contribution in [2.75, 3.05) is 13.1 Å². The van der Waals surface area contributed by atoms with Crippen molar-refractivity contribution < 1.29 is 0 Å². The molecular weight excluding hydrogens is 250 g/mol. The molecule has 1 saturated heterocycles. The number of benzene rings is 1. The summed E-state index contributed by atoms with van der Waals surface area (Å²) in [7, 11) is 0. The van der Waals surface area contributed by atoms with Crippen molar-refractivity contribution in [1.29, 1.82) is 0 Å². The van der Waals surface area contributed by atoms with Crippen LogP contribution in [-0.4, -0.2) is 22.6 Å². The number of nitrogens with zero attached hydrogens (tertiary/aromatic N) is 1. The second-order valence-electron chi connectivity index (χ2n) is 6.76. The van der Waals surface area contributed by atoms with Gasteiger partial charge < -0.3 is 10.3 Å². The number of piperidine rings is 1. The first-order chi connectivity index (χ1) is 9.47. The van der Waals surface area contributed by atoms with Gasteiger partial charge in [-0.3, -0.25) is 4.57 Å². The quantitative estimate of drug-likeness (QED) is 0.839. The van der Waals surface area contributed by atoms with Crippen LogP contribution in [0, 0.1) is 0 Å². The van der Waals surface area contributed by atoms with Crippen molar-refractivity contribution in [3.63, 3.8) is 0 Å². The number of rotatable bonds is 1. The molecule has 0 bridgehead atoms. The Balaban J connectivity index is 2.10. The van der Waals surface area contributed by atoms with Gasteiger partial charge in [0.25, 0.3) is 0 Å². The molecule has 3 rings (SSSR count). The lowest BCUT2D eigenvalue weighted by molar-refractivity contribution is 0.368. The molecule has 108 valence electrons. The molecule has 0 aliphatic carbocycles. The molecule has 0 atom stereocenters. The van der Waals surface area contributed by atoms with Gasteiger partial charge in [-0.25, -0.2) is 4.79 Å². The third kappa shape index (κ3) is 2.29. The van der Waals surface area contributed by atoms with Gasteiger partial charge >= 0.3 is 5.69 Å². The van der Waals surface area contributed by atoms with Gasteiger partial charge in [0.2, 0.25) is 0 Å². The highest BCUT2D eigenvalue weighted by Gasteiger charge is 2.21. The number of imidazole rings is 1. The van der Waals surface area contributed by atoms with Crippen molar-refractivity contribution in [2.45, 2.75) is 45.1 Å². The summed E-state index contributed by atoms with van der Waals surface area (Å²) in [4.78, 5) is 15.3. The first-order valence-electron chi connectivity index (χ1n) is 7.42. The normalized spacial score (nSPS) is 17.8. The number of aromatic amines is 1. The average molecular weight is 273 g/mol. The van der Waals surface area contributed by atoms with E-state index in [1.54, 1.807) is 0 Å². The maximum Gasteiger partial charge on any atom is 0.326 e. The number of H-pyrrole nitrogens is 1. The molecule has 1 aliphatic rings. The fourth-order valence-electron chi connectivity index (χ4n) is 3.02. The van der Waals surface area contributed by atoms with Crippen LogP contribution in [0.1, 0.15) is 45.2 Å². The number of nitrogens with one attached hydrogen (secondary N) is 2. The fraction of sp³-hybridized carbons (Fsp3) is 0.562. The molecule has 1 fully saturated rings. The van der Waals surface area contributed by atoms with E-state index >= 15 is 0 Å². The summed E-state index contributed by atoms with van der Waals surface area (Å²) in [5.74, 6) is 0. The summed E-state index contributed by atoms with van der Waals surface area (Å²) in [6, 6.07) is 6.68. The van der Waals surface area contributed by atoms with Crippen molar-refractivity contribution in [3.05, 3.63) is 34.2 Å². The lowest BCUT2D eigenvalue weighted by atomic mass is 9.87. The summed E-state index contributed by atoms with van der Waals surface area (Å²) >= 11 is 0. The van der Waals surface area contributed by atoms with Crippen molar-refractivity contribution >= 4 is 11.0 Å². The van der Waals surface area contributed by atoms with Gasteiger partial charge in [-0.1, -0.05) is 26.8 Å². The predicted molar refractivity (Wildman–Crippen MR) is 82.4 cm³/mol. The molecule has 1 aromatic heterocycles. The Bertz CT molecular complexity index is 669. The molecule has 1 aliphatic heterocycles. The molecule has 0 saturated carbocycles. The van der Waals surface area contributed by atoms with E-state index in [0.717, 1.165) is 37.0 Å². The zero-order chi connectivity index (χ0) is 14.3. The van der Waals surface area contributed by atoms with Crippen molar-refractivity contribution in [1.82, 2.24) is 14.9 Å². The molecular formula is C16H23N3O. The molecule has 2 aromatic rings. The van der Waals surface area contributed by atoms with Crippen LogP contribution >= 0.6 is 0 Å². The van der Waals surface area contributed by atoms with Crippen LogP contribution < -0.4 is 11.0 Å². The minimum atomic E-state index is 0.0259. The highest BCUT2D eigenvalue weighted by atomic mass is 16.1. The van der Waals surface area contributed by atoms with E-state index < -0.39 is 0 Å². The Morgan fingerprint density at radius 3 is 2.55 bits per heavy atom. The molecule has 2 N–H and O–H groups in total. The minimum Gasteiger partial charge on any atom is -0.317 e. The van der Waals surface area contributed by atoms with Crippen LogP contribution in [0.5, 0.6) is 0 Å². The molecule has 0 amide bonds. The van der Waals surface area contributed by atoms with E-state index in [9.17, 15) is 4.79 Å². The van der Waals surface area contributed by atoms with E-state index in [1.165, 1.54) is 5.56 Å². The van der Waals surface area contributed by atoms with E-state index in [2.05, 4.69) is 49.3 Å². The zero-order valence-corrected chi connectivity index (χ0v) is 12.5. The molecule has 0 spiro atoms. The SMILES string of the molecule is CC(C)(C)c1ccc2c(c1)[nH]c(=O)n2C1CCNCC1. The first kappa shape index (κ1) is 13.4. The van der Waals surface area contributed by atoms with Crippen LogP contribution in [-0.2, 0) is 5.41 Å². The van der Waals surface area contributed by atoms with Gasteiger partial charge in [0, 0.05) is 6.04 Å². The maximum absolute atomic E-state index is 12.3. The number of hydrogen-bond acceptors (Lipinski definition) is 2. The second kappa shape index (κ2) is 4.77. The van der Waals surface area contributed by atoms with Gasteiger partial charge in [0.1, 0.15) is 0 Å². The summed E-state index contributed by atoms with van der Waals surface area (Å²) in [6.45, 7) is 8.55. The summed E-state index contributed by atoms with van der Waals surface area (Å²) in [6.07, 6.45) is 2.04. The third-order valence-electron chi connectivity index (χ3n) is 4.26. The molecule has 1 aromatic carbocycles. The van der Waals surface area contributed by atoms with Crippen molar-refractivity contribution in [2.24, 2.45) is 0 Å². The fourth-order valence-corrected chi connectivity index (χ4v) is 3.02. The number of hydrogen-bond donors (Lipinski definition) is 2. The largest absolute Gasteiger partial charge is 0.326 e. The lowest BCUT2D eigenvalue weighted by Crippen LogP contribution is -2.33. The Morgan fingerprint density at radius 2 is 1.90 bits per heavy atom. The minimum absolute atomic E-state index is 0.0259. The molecule has 0 radical (unpaired) electrons. The highest BCUT2D eigenvalue weighted by molar-refractivity contribution is 5.76. The Kier molecular flexibility index (Phi) is 3.21. The first-order valence-corrected chi connectivity index (χ1v) is 7.42. The summed E-state index contributed by atoms with van der Waals surface area (Å²) in [5, 5.41) is 3.35. The van der Waals surface area contributed by atoms with Crippen LogP contribution in [0.2, 0.25) is 0 Å².